The Hall–Kier alpha value is -0.920. The molecule has 19 heavy (non-hydrogen) atoms. The van der Waals surface area contributed by atoms with Crippen LogP contribution < -0.4 is 10.5 Å². The second-order valence-corrected chi connectivity index (χ2v) is 6.56. The third-order valence-electron chi connectivity index (χ3n) is 3.49. The highest BCUT2D eigenvalue weighted by atomic mass is 32.2. The van der Waals surface area contributed by atoms with Crippen LogP contribution in [0.3, 0.4) is 0 Å². The van der Waals surface area contributed by atoms with Crippen molar-refractivity contribution < 1.29 is 8.42 Å². The van der Waals surface area contributed by atoms with Crippen molar-refractivity contribution in [1.29, 1.82) is 0 Å². The van der Waals surface area contributed by atoms with Gasteiger partial charge in [-0.15, -0.1) is 0 Å². The van der Waals surface area contributed by atoms with Gasteiger partial charge < -0.3 is 5.73 Å². The zero-order valence-electron chi connectivity index (χ0n) is 12.0. The lowest BCUT2D eigenvalue weighted by Crippen LogP contribution is -2.42. The number of nitrogens with one attached hydrogen (secondary N) is 2. The summed E-state index contributed by atoms with van der Waals surface area (Å²) in [6.07, 6.45) is 1.90. The van der Waals surface area contributed by atoms with Gasteiger partial charge in [0, 0.05) is 12.6 Å². The van der Waals surface area contributed by atoms with Gasteiger partial charge in [0.1, 0.15) is 4.90 Å². The van der Waals surface area contributed by atoms with Crippen molar-refractivity contribution in [3.8, 4) is 0 Å². The SMILES string of the molecule is CCC(CC)C(N)CNS(=O)(=O)c1c(C)n[nH]c1C. The quantitative estimate of drug-likeness (QED) is 0.698. The molecule has 4 N–H and O–H groups in total. The van der Waals surface area contributed by atoms with Gasteiger partial charge in [-0.25, -0.2) is 13.1 Å². The van der Waals surface area contributed by atoms with Crippen LogP contribution in [0.4, 0.5) is 0 Å². The number of H-pyrrole nitrogens is 1. The summed E-state index contributed by atoms with van der Waals surface area (Å²) < 4.78 is 27.0. The number of nitrogens with two attached hydrogens (primary N) is 1. The van der Waals surface area contributed by atoms with E-state index in [4.69, 9.17) is 5.73 Å². The lowest BCUT2D eigenvalue weighted by molar-refractivity contribution is 0.392. The van der Waals surface area contributed by atoms with Gasteiger partial charge in [-0.1, -0.05) is 26.7 Å². The van der Waals surface area contributed by atoms with Gasteiger partial charge in [-0.2, -0.15) is 5.10 Å². The van der Waals surface area contributed by atoms with Crippen LogP contribution in [0.5, 0.6) is 0 Å². The molecule has 0 amide bonds. The van der Waals surface area contributed by atoms with E-state index in [1.54, 1.807) is 13.8 Å². The molecular weight excluding hydrogens is 264 g/mol. The lowest BCUT2D eigenvalue weighted by atomic mass is 9.95. The second kappa shape index (κ2) is 6.49. The van der Waals surface area contributed by atoms with Crippen LogP contribution in [0.1, 0.15) is 38.1 Å². The van der Waals surface area contributed by atoms with E-state index >= 15 is 0 Å². The highest BCUT2D eigenvalue weighted by Crippen LogP contribution is 2.17. The largest absolute Gasteiger partial charge is 0.326 e. The van der Waals surface area contributed by atoms with Crippen molar-refractivity contribution in [2.75, 3.05) is 6.54 Å². The molecule has 1 aromatic heterocycles. The molecule has 0 radical (unpaired) electrons. The molecule has 1 aromatic rings. The van der Waals surface area contributed by atoms with Gasteiger partial charge in [0.25, 0.3) is 0 Å². The molecule has 0 aliphatic carbocycles. The molecule has 6 nitrogen and oxygen atoms in total. The maximum absolute atomic E-state index is 12.2. The van der Waals surface area contributed by atoms with Crippen LogP contribution in [-0.2, 0) is 10.0 Å². The smallest absolute Gasteiger partial charge is 0.244 e. The van der Waals surface area contributed by atoms with E-state index in [9.17, 15) is 8.42 Å². The molecular formula is C12H24N4O2S. The summed E-state index contributed by atoms with van der Waals surface area (Å²) in [5.41, 5.74) is 7.04. The van der Waals surface area contributed by atoms with Crippen LogP contribution in [0, 0.1) is 19.8 Å². The van der Waals surface area contributed by atoms with Crippen LogP contribution in [0.25, 0.3) is 0 Å². The Bertz CT molecular complexity index is 486. The van der Waals surface area contributed by atoms with Crippen molar-refractivity contribution in [3.63, 3.8) is 0 Å². The topological polar surface area (TPSA) is 101 Å². The number of rotatable bonds is 7. The molecule has 1 rings (SSSR count). The molecule has 0 aliphatic rings. The van der Waals surface area contributed by atoms with E-state index in [2.05, 4.69) is 28.8 Å². The average Bonchev–Trinajstić information content (AvgIpc) is 2.69. The number of aromatic nitrogens is 2. The summed E-state index contributed by atoms with van der Waals surface area (Å²) in [5.74, 6) is 0.328. The summed E-state index contributed by atoms with van der Waals surface area (Å²) in [7, 11) is -3.55. The van der Waals surface area contributed by atoms with Crippen molar-refractivity contribution in [1.82, 2.24) is 14.9 Å². The summed E-state index contributed by atoms with van der Waals surface area (Å²) >= 11 is 0. The monoisotopic (exact) mass is 288 g/mol. The minimum Gasteiger partial charge on any atom is -0.326 e. The third kappa shape index (κ3) is 3.77. The summed E-state index contributed by atoms with van der Waals surface area (Å²) in [5, 5.41) is 6.58. The van der Waals surface area contributed by atoms with Gasteiger partial charge >= 0.3 is 0 Å². The van der Waals surface area contributed by atoms with Gasteiger partial charge in [0.15, 0.2) is 0 Å². The molecule has 0 saturated carbocycles. The average molecular weight is 288 g/mol. The fourth-order valence-corrected chi connectivity index (χ4v) is 3.72. The maximum atomic E-state index is 12.2. The molecule has 0 spiro atoms. The van der Waals surface area contributed by atoms with Crippen LogP contribution >= 0.6 is 0 Å². The first kappa shape index (κ1) is 16.1. The van der Waals surface area contributed by atoms with E-state index in [-0.39, 0.29) is 17.5 Å². The summed E-state index contributed by atoms with van der Waals surface area (Å²) in [6, 6.07) is -0.169. The van der Waals surface area contributed by atoms with Crippen LogP contribution in [0.15, 0.2) is 4.90 Å². The van der Waals surface area contributed by atoms with E-state index in [1.165, 1.54) is 0 Å². The van der Waals surface area contributed by atoms with Crippen molar-refractivity contribution >= 4 is 10.0 Å². The number of hydrogen-bond acceptors (Lipinski definition) is 4. The first-order valence-corrected chi connectivity index (χ1v) is 8.08. The zero-order chi connectivity index (χ0) is 14.6. The fourth-order valence-electron chi connectivity index (χ4n) is 2.28. The highest BCUT2D eigenvalue weighted by molar-refractivity contribution is 7.89. The van der Waals surface area contributed by atoms with Crippen molar-refractivity contribution in [3.05, 3.63) is 11.4 Å². The summed E-state index contributed by atoms with van der Waals surface area (Å²) in [6.45, 7) is 7.73. The third-order valence-corrected chi connectivity index (χ3v) is 5.18. The molecule has 7 heteroatoms. The minimum atomic E-state index is -3.55. The van der Waals surface area contributed by atoms with Crippen LogP contribution in [0.2, 0.25) is 0 Å². The first-order valence-electron chi connectivity index (χ1n) is 6.60. The Morgan fingerprint density at radius 1 is 1.32 bits per heavy atom. The highest BCUT2D eigenvalue weighted by Gasteiger charge is 2.24. The first-order chi connectivity index (χ1) is 8.83. The Labute approximate surface area is 115 Å². The Morgan fingerprint density at radius 3 is 2.32 bits per heavy atom. The second-order valence-electron chi connectivity index (χ2n) is 4.86. The number of aryl methyl sites for hydroxylation is 2. The van der Waals surface area contributed by atoms with Crippen molar-refractivity contribution in [2.45, 2.75) is 51.5 Å². The van der Waals surface area contributed by atoms with Gasteiger partial charge in [0.2, 0.25) is 10.0 Å². The molecule has 0 bridgehead atoms. The summed E-state index contributed by atoms with van der Waals surface area (Å²) in [4.78, 5) is 0.226. The Balaban J connectivity index is 2.77. The molecule has 0 aromatic carbocycles. The Kier molecular flexibility index (Phi) is 5.51. The molecule has 0 saturated heterocycles. The predicted molar refractivity (Wildman–Crippen MR) is 75.3 cm³/mol. The zero-order valence-corrected chi connectivity index (χ0v) is 12.8. The molecule has 1 atom stereocenters. The number of hydrogen-bond donors (Lipinski definition) is 3. The number of nitrogens with zero attached hydrogens (tertiary/aromatic N) is 1. The van der Waals surface area contributed by atoms with Gasteiger partial charge in [0.05, 0.1) is 11.4 Å². The van der Waals surface area contributed by atoms with E-state index < -0.39 is 10.0 Å². The van der Waals surface area contributed by atoms with Crippen molar-refractivity contribution in [2.24, 2.45) is 11.7 Å². The standard InChI is InChI=1S/C12H24N4O2S/c1-5-10(6-2)11(13)7-14-19(17,18)12-8(3)15-16-9(12)4/h10-11,14H,5-7,13H2,1-4H3,(H,15,16). The van der Waals surface area contributed by atoms with Crippen LogP contribution in [-0.4, -0.2) is 31.2 Å². The number of aromatic amines is 1. The van der Waals surface area contributed by atoms with E-state index in [0.717, 1.165) is 12.8 Å². The molecule has 0 fully saturated rings. The van der Waals surface area contributed by atoms with Gasteiger partial charge in [-0.3, -0.25) is 5.10 Å². The van der Waals surface area contributed by atoms with Gasteiger partial charge in [-0.05, 0) is 19.8 Å². The molecule has 110 valence electrons. The number of sulfonamides is 1. The Morgan fingerprint density at radius 2 is 1.89 bits per heavy atom. The molecule has 1 unspecified atom stereocenters. The minimum absolute atomic E-state index is 0.169. The maximum Gasteiger partial charge on any atom is 0.244 e. The fraction of sp³-hybridized carbons (Fsp3) is 0.750. The van der Waals surface area contributed by atoms with E-state index in [0.29, 0.717) is 17.3 Å². The molecule has 0 aliphatic heterocycles. The molecule has 1 heterocycles. The normalized spacial score (nSPS) is 14.0. The predicted octanol–water partition coefficient (Wildman–Crippen LogP) is 1.07. The lowest BCUT2D eigenvalue weighted by Gasteiger charge is -2.21. The van der Waals surface area contributed by atoms with E-state index in [1.807, 2.05) is 0 Å².